The van der Waals surface area contributed by atoms with E-state index in [0.717, 1.165) is 14.6 Å². The van der Waals surface area contributed by atoms with Gasteiger partial charge in [-0.2, -0.15) is 0 Å². The number of carbonyl (C=O) groups excluding carboxylic acids is 2. The van der Waals surface area contributed by atoms with Crippen molar-refractivity contribution >= 4 is 63.8 Å². The highest BCUT2D eigenvalue weighted by atomic mass is 32.1. The molecule has 3 aromatic rings. The molecule has 3 aromatic heterocycles. The molecule has 5 heteroatoms. The van der Waals surface area contributed by atoms with Crippen LogP contribution in [0.1, 0.15) is 14.6 Å². The summed E-state index contributed by atoms with van der Waals surface area (Å²) in [5.41, 5.74) is 0.170. The number of ketones is 2. The van der Waals surface area contributed by atoms with E-state index in [-0.39, 0.29) is 17.1 Å². The second-order valence-electron chi connectivity index (χ2n) is 5.00. The van der Waals surface area contributed by atoms with Crippen molar-refractivity contribution in [2.24, 2.45) is 0 Å². The van der Waals surface area contributed by atoms with E-state index in [0.29, 0.717) is 0 Å². The Hall–Kier alpha value is -2.34. The maximum atomic E-state index is 12.6. The Labute approximate surface area is 158 Å². The Balaban J connectivity index is 1.84. The van der Waals surface area contributed by atoms with Crippen LogP contribution >= 0.6 is 34.0 Å². The van der Waals surface area contributed by atoms with Crippen LogP contribution in [0.3, 0.4) is 0 Å². The monoisotopic (exact) mass is 382 g/mol. The van der Waals surface area contributed by atoms with Gasteiger partial charge in [0.05, 0.1) is 5.57 Å². The van der Waals surface area contributed by atoms with E-state index < -0.39 is 0 Å². The third-order valence-corrected chi connectivity index (χ3v) is 5.74. The van der Waals surface area contributed by atoms with Crippen molar-refractivity contribution in [3.05, 3.63) is 84.9 Å². The Bertz CT molecular complexity index is 852. The molecule has 0 aliphatic heterocycles. The normalized spacial score (nSPS) is 11.2. The standard InChI is InChI=1S/C20H14O2S3/c21-19(9-7-15-4-1-11-23-15)18(14-17-6-3-13-25-17)20(22)10-8-16-5-2-12-24-16/h1-14H/b9-7+,10-8+. The van der Waals surface area contributed by atoms with Gasteiger partial charge in [0.25, 0.3) is 0 Å². The first kappa shape index (κ1) is 17.5. The van der Waals surface area contributed by atoms with Gasteiger partial charge >= 0.3 is 0 Å². The summed E-state index contributed by atoms with van der Waals surface area (Å²) < 4.78 is 0. The van der Waals surface area contributed by atoms with Crippen molar-refractivity contribution in [1.29, 1.82) is 0 Å². The number of carbonyl (C=O) groups is 2. The SMILES string of the molecule is O=C(/C=C/c1cccs1)C(=Cc1cccs1)C(=O)/C=C/c1cccs1. The molecular formula is C20H14O2S3. The first-order valence-corrected chi connectivity index (χ1v) is 10.1. The van der Waals surface area contributed by atoms with Crippen molar-refractivity contribution in [2.75, 3.05) is 0 Å². The lowest BCUT2D eigenvalue weighted by Crippen LogP contribution is -2.08. The van der Waals surface area contributed by atoms with Crippen LogP contribution in [0.2, 0.25) is 0 Å². The van der Waals surface area contributed by atoms with Gasteiger partial charge in [-0.3, -0.25) is 9.59 Å². The summed E-state index contributed by atoms with van der Waals surface area (Å²) in [4.78, 5) is 28.0. The van der Waals surface area contributed by atoms with Crippen LogP contribution in [0, 0.1) is 0 Å². The summed E-state index contributed by atoms with van der Waals surface area (Å²) in [6.45, 7) is 0. The second kappa shape index (κ2) is 8.67. The molecule has 0 unspecified atom stereocenters. The molecule has 0 radical (unpaired) electrons. The van der Waals surface area contributed by atoms with Crippen LogP contribution in [-0.4, -0.2) is 11.6 Å². The predicted molar refractivity (Wildman–Crippen MR) is 109 cm³/mol. The van der Waals surface area contributed by atoms with Gasteiger partial charge in [0.1, 0.15) is 0 Å². The van der Waals surface area contributed by atoms with Gasteiger partial charge in [-0.05, 0) is 64.7 Å². The van der Waals surface area contributed by atoms with Crippen molar-refractivity contribution in [2.45, 2.75) is 0 Å². The zero-order chi connectivity index (χ0) is 17.5. The number of hydrogen-bond donors (Lipinski definition) is 0. The highest BCUT2D eigenvalue weighted by molar-refractivity contribution is 7.11. The molecule has 0 spiro atoms. The maximum Gasteiger partial charge on any atom is 0.189 e. The lowest BCUT2D eigenvalue weighted by Gasteiger charge is -1.99. The molecule has 3 heterocycles. The van der Waals surface area contributed by atoms with Crippen molar-refractivity contribution in [1.82, 2.24) is 0 Å². The molecule has 0 aliphatic carbocycles. The molecule has 0 amide bonds. The Morgan fingerprint density at radius 3 is 1.52 bits per heavy atom. The molecule has 0 N–H and O–H groups in total. The van der Waals surface area contributed by atoms with Crippen molar-refractivity contribution in [3.63, 3.8) is 0 Å². The quantitative estimate of drug-likeness (QED) is 0.293. The molecule has 0 bridgehead atoms. The fraction of sp³-hybridized carbons (Fsp3) is 0. The first-order chi connectivity index (χ1) is 12.2. The number of rotatable bonds is 7. The molecule has 0 atom stereocenters. The molecule has 0 saturated carbocycles. The minimum absolute atomic E-state index is 0.170. The van der Waals surface area contributed by atoms with E-state index in [1.54, 1.807) is 40.9 Å². The van der Waals surface area contributed by atoms with Crippen molar-refractivity contribution < 1.29 is 9.59 Å². The summed E-state index contributed by atoms with van der Waals surface area (Å²) in [7, 11) is 0. The van der Waals surface area contributed by atoms with Crippen molar-refractivity contribution in [3.8, 4) is 0 Å². The van der Waals surface area contributed by atoms with E-state index in [2.05, 4.69) is 0 Å². The van der Waals surface area contributed by atoms with Crippen LogP contribution in [0.25, 0.3) is 18.2 Å². The minimum atomic E-state index is -0.289. The van der Waals surface area contributed by atoms with Crippen LogP contribution in [0.4, 0.5) is 0 Å². The fourth-order valence-electron chi connectivity index (χ4n) is 2.05. The topological polar surface area (TPSA) is 34.1 Å². The van der Waals surface area contributed by atoms with Gasteiger partial charge in [-0.25, -0.2) is 0 Å². The molecule has 25 heavy (non-hydrogen) atoms. The summed E-state index contributed by atoms with van der Waals surface area (Å²) in [6, 6.07) is 11.5. The lowest BCUT2D eigenvalue weighted by atomic mass is 10.0. The van der Waals surface area contributed by atoms with E-state index in [9.17, 15) is 9.59 Å². The van der Waals surface area contributed by atoms with Crippen LogP contribution in [-0.2, 0) is 9.59 Å². The Kier molecular flexibility index (Phi) is 6.06. The first-order valence-electron chi connectivity index (χ1n) is 7.49. The largest absolute Gasteiger partial charge is 0.289 e. The van der Waals surface area contributed by atoms with Crippen LogP contribution in [0.5, 0.6) is 0 Å². The summed E-state index contributed by atoms with van der Waals surface area (Å²) in [5, 5.41) is 5.81. The highest BCUT2D eigenvalue weighted by Gasteiger charge is 2.14. The molecule has 124 valence electrons. The second-order valence-corrected chi connectivity index (χ2v) is 7.94. The zero-order valence-electron chi connectivity index (χ0n) is 13.1. The zero-order valence-corrected chi connectivity index (χ0v) is 15.6. The smallest absolute Gasteiger partial charge is 0.189 e. The van der Waals surface area contributed by atoms with Crippen LogP contribution in [0.15, 0.2) is 70.3 Å². The average Bonchev–Trinajstić information content (AvgIpc) is 3.38. The Morgan fingerprint density at radius 2 is 1.12 bits per heavy atom. The molecule has 0 saturated heterocycles. The lowest BCUT2D eigenvalue weighted by molar-refractivity contribution is -0.116. The predicted octanol–water partition coefficient (Wildman–Crippen LogP) is 5.82. The van der Waals surface area contributed by atoms with Gasteiger partial charge < -0.3 is 0 Å². The molecule has 0 aromatic carbocycles. The molecule has 3 rings (SSSR count). The maximum absolute atomic E-state index is 12.6. The van der Waals surface area contributed by atoms with E-state index in [4.69, 9.17) is 0 Å². The fourth-order valence-corrected chi connectivity index (χ4v) is 3.94. The molecule has 0 aliphatic rings. The van der Waals surface area contributed by atoms with Crippen LogP contribution < -0.4 is 0 Å². The van der Waals surface area contributed by atoms with Gasteiger partial charge in [-0.1, -0.05) is 18.2 Å². The highest BCUT2D eigenvalue weighted by Crippen LogP contribution is 2.18. The van der Waals surface area contributed by atoms with E-state index in [1.807, 2.05) is 52.5 Å². The molecule has 2 nitrogen and oxygen atoms in total. The summed E-state index contributed by atoms with van der Waals surface area (Å²) in [6.07, 6.45) is 8.06. The molecular weight excluding hydrogens is 368 g/mol. The number of thiophene rings is 3. The van der Waals surface area contributed by atoms with E-state index in [1.165, 1.54) is 23.5 Å². The van der Waals surface area contributed by atoms with Gasteiger partial charge in [0.15, 0.2) is 11.6 Å². The Morgan fingerprint density at radius 1 is 0.680 bits per heavy atom. The van der Waals surface area contributed by atoms with Gasteiger partial charge in [0, 0.05) is 14.6 Å². The third-order valence-electron chi connectivity index (χ3n) is 3.25. The van der Waals surface area contributed by atoms with E-state index >= 15 is 0 Å². The number of allylic oxidation sites excluding steroid dienone is 3. The third kappa shape index (κ3) is 5.06. The minimum Gasteiger partial charge on any atom is -0.289 e. The van der Waals surface area contributed by atoms with Gasteiger partial charge in [-0.15, -0.1) is 34.0 Å². The summed E-state index contributed by atoms with van der Waals surface area (Å²) in [5.74, 6) is -0.578. The number of hydrogen-bond acceptors (Lipinski definition) is 5. The average molecular weight is 383 g/mol. The van der Waals surface area contributed by atoms with Gasteiger partial charge in [0.2, 0.25) is 0 Å². The summed E-state index contributed by atoms with van der Waals surface area (Å²) >= 11 is 4.58. The molecule has 0 fully saturated rings.